The molecule has 3 rings (SSSR count). The number of anilines is 1. The van der Waals surface area contributed by atoms with Crippen LogP contribution in [0.3, 0.4) is 0 Å². The topological polar surface area (TPSA) is 51.3 Å². The van der Waals surface area contributed by atoms with Crippen LogP contribution in [0.1, 0.15) is 11.3 Å². The highest BCUT2D eigenvalue weighted by Crippen LogP contribution is 2.12. The lowest BCUT2D eigenvalue weighted by molar-refractivity contribution is 0.688. The van der Waals surface area contributed by atoms with Crippen LogP contribution in [0.15, 0.2) is 47.5 Å². The van der Waals surface area contributed by atoms with E-state index in [9.17, 15) is 4.79 Å². The summed E-state index contributed by atoms with van der Waals surface area (Å²) in [6.45, 7) is 5.27. The minimum atomic E-state index is -0.00955. The molecule has 1 aromatic carbocycles. The number of rotatable bonds is 4. The summed E-state index contributed by atoms with van der Waals surface area (Å²) in [7, 11) is 0. The number of hydrogen-bond donors (Lipinski definition) is 1. The summed E-state index contributed by atoms with van der Waals surface area (Å²) < 4.78 is 3.34. The summed E-state index contributed by atoms with van der Waals surface area (Å²) in [5.41, 5.74) is 3.76. The van der Waals surface area contributed by atoms with Gasteiger partial charge in [-0.25, -0.2) is 4.52 Å². The lowest BCUT2D eigenvalue weighted by Gasteiger charge is -2.10. The molecule has 3 aromatic rings. The molecule has 0 spiro atoms. The van der Waals surface area contributed by atoms with Crippen LogP contribution in [0.4, 0.5) is 5.69 Å². The van der Waals surface area contributed by atoms with Gasteiger partial charge in [-0.1, -0.05) is 18.2 Å². The van der Waals surface area contributed by atoms with E-state index in [4.69, 9.17) is 0 Å². The Labute approximate surface area is 122 Å². The molecule has 0 atom stereocenters. The van der Waals surface area contributed by atoms with Crippen LogP contribution in [0.5, 0.6) is 0 Å². The van der Waals surface area contributed by atoms with Gasteiger partial charge in [-0.15, -0.1) is 0 Å². The summed E-state index contributed by atoms with van der Waals surface area (Å²) in [5.74, 6) is 0. The number of nitrogens with one attached hydrogen (secondary N) is 1. The first-order chi connectivity index (χ1) is 10.1. The maximum Gasteiger partial charge on any atom is 0.276 e. The molecule has 0 radical (unpaired) electrons. The molecule has 0 fully saturated rings. The molecule has 108 valence electrons. The van der Waals surface area contributed by atoms with E-state index in [1.54, 1.807) is 15.3 Å². The van der Waals surface area contributed by atoms with Crippen LogP contribution in [-0.2, 0) is 6.54 Å². The molecule has 0 aliphatic rings. The molecule has 5 heteroatoms. The van der Waals surface area contributed by atoms with Crippen LogP contribution in [0.25, 0.3) is 5.52 Å². The van der Waals surface area contributed by atoms with E-state index < -0.39 is 0 Å². The van der Waals surface area contributed by atoms with E-state index in [1.807, 2.05) is 37.4 Å². The normalized spacial score (nSPS) is 11.0. The largest absolute Gasteiger partial charge is 0.383 e. The minimum absolute atomic E-state index is 0.00955. The third-order valence-electron chi connectivity index (χ3n) is 3.54. The van der Waals surface area contributed by atoms with Crippen LogP contribution in [-0.4, -0.2) is 20.7 Å². The molecule has 0 aliphatic heterocycles. The van der Waals surface area contributed by atoms with E-state index in [0.29, 0.717) is 18.6 Å². The number of hydrogen-bond acceptors (Lipinski definition) is 3. The first-order valence-electron chi connectivity index (χ1n) is 7.00. The number of fused-ring (bicyclic) bond motifs is 1. The van der Waals surface area contributed by atoms with Gasteiger partial charge < -0.3 is 9.88 Å². The van der Waals surface area contributed by atoms with Crippen molar-refractivity contribution in [2.24, 2.45) is 0 Å². The Hall–Kier alpha value is -2.56. The van der Waals surface area contributed by atoms with Gasteiger partial charge in [0.2, 0.25) is 0 Å². The predicted molar refractivity (Wildman–Crippen MR) is 83.9 cm³/mol. The SMILES string of the molecule is Cc1cc2c(=O)n(CCNc3ccccc3C)ccn2n1. The van der Waals surface area contributed by atoms with Crippen molar-refractivity contribution < 1.29 is 0 Å². The summed E-state index contributed by atoms with van der Waals surface area (Å²) in [6.07, 6.45) is 3.60. The van der Waals surface area contributed by atoms with Crippen LogP contribution >= 0.6 is 0 Å². The highest BCUT2D eigenvalue weighted by molar-refractivity contribution is 5.50. The van der Waals surface area contributed by atoms with E-state index in [0.717, 1.165) is 11.4 Å². The summed E-state index contributed by atoms with van der Waals surface area (Å²) >= 11 is 0. The molecule has 1 N–H and O–H groups in total. The highest BCUT2D eigenvalue weighted by Gasteiger charge is 2.05. The van der Waals surface area contributed by atoms with Gasteiger partial charge in [-0.05, 0) is 31.5 Å². The quantitative estimate of drug-likeness (QED) is 0.798. The molecule has 0 bridgehead atoms. The fraction of sp³-hybridized carbons (Fsp3) is 0.250. The second kappa shape index (κ2) is 5.44. The number of nitrogens with zero attached hydrogens (tertiary/aromatic N) is 3. The Kier molecular flexibility index (Phi) is 3.48. The number of aromatic nitrogens is 3. The molecule has 0 aliphatic carbocycles. The van der Waals surface area contributed by atoms with Gasteiger partial charge in [0.15, 0.2) is 0 Å². The summed E-state index contributed by atoms with van der Waals surface area (Å²) in [5, 5.41) is 7.60. The number of aryl methyl sites for hydroxylation is 2. The maximum absolute atomic E-state index is 12.3. The zero-order chi connectivity index (χ0) is 14.8. The van der Waals surface area contributed by atoms with Crippen LogP contribution < -0.4 is 10.9 Å². The second-order valence-electron chi connectivity index (χ2n) is 5.15. The van der Waals surface area contributed by atoms with Crippen molar-refractivity contribution in [2.45, 2.75) is 20.4 Å². The van der Waals surface area contributed by atoms with E-state index in [-0.39, 0.29) is 5.56 Å². The summed E-state index contributed by atoms with van der Waals surface area (Å²) in [6, 6.07) is 9.94. The van der Waals surface area contributed by atoms with Crippen molar-refractivity contribution in [1.82, 2.24) is 14.2 Å². The molecule has 21 heavy (non-hydrogen) atoms. The molecular formula is C16H18N4O. The Bertz CT molecular complexity index is 832. The first kappa shape index (κ1) is 13.4. The zero-order valence-corrected chi connectivity index (χ0v) is 12.2. The average molecular weight is 282 g/mol. The molecule has 2 aromatic heterocycles. The highest BCUT2D eigenvalue weighted by atomic mass is 16.1. The predicted octanol–water partition coefficient (Wildman–Crippen LogP) is 2.22. The molecule has 0 amide bonds. The zero-order valence-electron chi connectivity index (χ0n) is 12.2. The van der Waals surface area contributed by atoms with Gasteiger partial charge in [-0.3, -0.25) is 4.79 Å². The van der Waals surface area contributed by atoms with E-state index in [2.05, 4.69) is 23.4 Å². The number of para-hydroxylation sites is 1. The standard InChI is InChI=1S/C16H18N4O/c1-12-5-3-4-6-14(12)17-7-8-19-9-10-20-15(16(19)21)11-13(2)18-20/h3-6,9-11,17H,7-8H2,1-2H3. The Morgan fingerprint density at radius 1 is 1.19 bits per heavy atom. The van der Waals surface area contributed by atoms with Gasteiger partial charge in [0.1, 0.15) is 5.52 Å². The van der Waals surface area contributed by atoms with E-state index >= 15 is 0 Å². The van der Waals surface area contributed by atoms with Crippen molar-refractivity contribution in [1.29, 1.82) is 0 Å². The molecule has 2 heterocycles. The molecular weight excluding hydrogens is 264 g/mol. The fourth-order valence-electron chi connectivity index (χ4n) is 2.41. The Balaban J connectivity index is 1.75. The van der Waals surface area contributed by atoms with Gasteiger partial charge in [-0.2, -0.15) is 5.10 Å². The van der Waals surface area contributed by atoms with Gasteiger partial charge >= 0.3 is 0 Å². The second-order valence-corrected chi connectivity index (χ2v) is 5.15. The van der Waals surface area contributed by atoms with E-state index in [1.165, 1.54) is 5.56 Å². The van der Waals surface area contributed by atoms with Crippen LogP contribution in [0.2, 0.25) is 0 Å². The average Bonchev–Trinajstić information content (AvgIpc) is 2.85. The Morgan fingerprint density at radius 3 is 2.81 bits per heavy atom. The molecule has 0 saturated carbocycles. The maximum atomic E-state index is 12.3. The third-order valence-corrected chi connectivity index (χ3v) is 3.54. The minimum Gasteiger partial charge on any atom is -0.383 e. The fourth-order valence-corrected chi connectivity index (χ4v) is 2.41. The van der Waals surface area contributed by atoms with Crippen molar-refractivity contribution in [3.05, 3.63) is 64.3 Å². The van der Waals surface area contributed by atoms with Crippen molar-refractivity contribution in [3.63, 3.8) is 0 Å². The molecule has 0 saturated heterocycles. The molecule has 5 nitrogen and oxygen atoms in total. The lowest BCUT2D eigenvalue weighted by atomic mass is 10.2. The lowest BCUT2D eigenvalue weighted by Crippen LogP contribution is -2.24. The Morgan fingerprint density at radius 2 is 2.00 bits per heavy atom. The number of benzene rings is 1. The summed E-state index contributed by atoms with van der Waals surface area (Å²) in [4.78, 5) is 12.3. The van der Waals surface area contributed by atoms with Crippen LogP contribution in [0, 0.1) is 13.8 Å². The van der Waals surface area contributed by atoms with Gasteiger partial charge in [0, 0.05) is 31.2 Å². The molecule has 0 unspecified atom stereocenters. The van der Waals surface area contributed by atoms with Crippen molar-refractivity contribution >= 4 is 11.2 Å². The third kappa shape index (κ3) is 2.67. The smallest absolute Gasteiger partial charge is 0.276 e. The van der Waals surface area contributed by atoms with Gasteiger partial charge in [0.25, 0.3) is 5.56 Å². The first-order valence-corrected chi connectivity index (χ1v) is 7.00. The van der Waals surface area contributed by atoms with Crippen molar-refractivity contribution in [2.75, 3.05) is 11.9 Å². The monoisotopic (exact) mass is 282 g/mol. The van der Waals surface area contributed by atoms with Crippen molar-refractivity contribution in [3.8, 4) is 0 Å². The van der Waals surface area contributed by atoms with Gasteiger partial charge in [0.05, 0.1) is 5.69 Å².